The summed E-state index contributed by atoms with van der Waals surface area (Å²) in [5.74, 6) is -1.59. The van der Waals surface area contributed by atoms with E-state index in [4.69, 9.17) is 5.11 Å². The molecule has 0 saturated carbocycles. The van der Waals surface area contributed by atoms with Crippen LogP contribution in [-0.4, -0.2) is 23.5 Å². The van der Waals surface area contributed by atoms with Crippen LogP contribution in [0.4, 0.5) is 0 Å². The van der Waals surface area contributed by atoms with Crippen LogP contribution in [0, 0.1) is 5.92 Å². The Morgan fingerprint density at radius 1 is 1.24 bits per heavy atom. The summed E-state index contributed by atoms with van der Waals surface area (Å²) in [6.07, 6.45) is 1.35. The van der Waals surface area contributed by atoms with Gasteiger partial charge in [0.25, 0.3) is 5.91 Å². The van der Waals surface area contributed by atoms with Gasteiger partial charge in [-0.3, -0.25) is 9.59 Å². The smallest absolute Gasteiger partial charge is 0.308 e. The highest BCUT2D eigenvalue weighted by atomic mass is 16.4. The third-order valence-corrected chi connectivity index (χ3v) is 3.48. The molecule has 1 rings (SSSR count). The second-order valence-electron chi connectivity index (χ2n) is 6.33. The number of hydrogen-bond acceptors (Lipinski definition) is 2. The number of carbonyl (C=O) groups is 2. The van der Waals surface area contributed by atoms with E-state index in [1.165, 1.54) is 0 Å². The maximum atomic E-state index is 12.3. The Morgan fingerprint density at radius 3 is 2.38 bits per heavy atom. The highest BCUT2D eigenvalue weighted by Crippen LogP contribution is 2.25. The molecule has 2 N–H and O–H groups in total. The van der Waals surface area contributed by atoms with Gasteiger partial charge in [0, 0.05) is 12.1 Å². The monoisotopic (exact) mass is 291 g/mol. The van der Waals surface area contributed by atoms with Gasteiger partial charge in [-0.1, -0.05) is 52.3 Å². The molecule has 0 fully saturated rings. The Labute approximate surface area is 126 Å². The molecular weight excluding hydrogens is 266 g/mol. The minimum absolute atomic E-state index is 0.135. The minimum Gasteiger partial charge on any atom is -0.481 e. The van der Waals surface area contributed by atoms with Gasteiger partial charge >= 0.3 is 5.97 Å². The summed E-state index contributed by atoms with van der Waals surface area (Å²) >= 11 is 0. The molecule has 0 saturated heterocycles. The van der Waals surface area contributed by atoms with Gasteiger partial charge in [0.15, 0.2) is 0 Å². The van der Waals surface area contributed by atoms with Crippen LogP contribution in [0.25, 0.3) is 0 Å². The van der Waals surface area contributed by atoms with Crippen molar-refractivity contribution in [1.82, 2.24) is 5.32 Å². The van der Waals surface area contributed by atoms with Crippen molar-refractivity contribution in [2.24, 2.45) is 5.92 Å². The molecule has 1 atom stereocenters. The van der Waals surface area contributed by atoms with Crippen molar-refractivity contribution in [2.45, 2.75) is 46.0 Å². The van der Waals surface area contributed by atoms with Crippen molar-refractivity contribution in [3.05, 3.63) is 35.4 Å². The molecule has 21 heavy (non-hydrogen) atoms. The third-order valence-electron chi connectivity index (χ3n) is 3.48. The van der Waals surface area contributed by atoms with Crippen molar-refractivity contribution in [1.29, 1.82) is 0 Å². The van der Waals surface area contributed by atoms with Gasteiger partial charge in [0.05, 0.1) is 5.92 Å². The fourth-order valence-electron chi connectivity index (χ4n) is 2.31. The molecule has 4 nitrogen and oxygen atoms in total. The number of benzene rings is 1. The number of carboxylic acid groups (broad SMARTS) is 1. The zero-order chi connectivity index (χ0) is 16.0. The summed E-state index contributed by atoms with van der Waals surface area (Å²) in [6, 6.07) is 7.46. The Balaban J connectivity index is 2.83. The van der Waals surface area contributed by atoms with E-state index in [-0.39, 0.29) is 17.9 Å². The molecule has 0 aromatic heterocycles. The Kier molecular flexibility index (Phi) is 5.94. The van der Waals surface area contributed by atoms with Crippen LogP contribution in [-0.2, 0) is 10.2 Å². The molecule has 1 amide bonds. The lowest BCUT2D eigenvalue weighted by Gasteiger charge is -2.22. The van der Waals surface area contributed by atoms with Gasteiger partial charge in [0.1, 0.15) is 0 Å². The molecule has 0 bridgehead atoms. The average molecular weight is 291 g/mol. The lowest BCUT2D eigenvalue weighted by molar-refractivity contribution is -0.141. The van der Waals surface area contributed by atoms with Gasteiger partial charge in [-0.05, 0) is 23.5 Å². The molecule has 0 aliphatic rings. The number of carbonyl (C=O) groups excluding carboxylic acids is 1. The SMILES string of the molecule is CCCC(CNC(=O)c1ccccc1C(C)(C)C)C(=O)O. The van der Waals surface area contributed by atoms with Crippen LogP contribution in [0.2, 0.25) is 0 Å². The van der Waals surface area contributed by atoms with Gasteiger partial charge in [-0.25, -0.2) is 0 Å². The van der Waals surface area contributed by atoms with Gasteiger partial charge in [-0.2, -0.15) is 0 Å². The fraction of sp³-hybridized carbons (Fsp3) is 0.529. The Hall–Kier alpha value is -1.84. The first-order valence-electron chi connectivity index (χ1n) is 7.38. The molecule has 0 heterocycles. The maximum absolute atomic E-state index is 12.3. The van der Waals surface area contributed by atoms with Crippen LogP contribution in [0.15, 0.2) is 24.3 Å². The number of nitrogens with one attached hydrogen (secondary N) is 1. The summed E-state index contributed by atoms with van der Waals surface area (Å²) in [5.41, 5.74) is 1.44. The van der Waals surface area contributed by atoms with Crippen LogP contribution in [0.3, 0.4) is 0 Å². The number of rotatable bonds is 6. The zero-order valence-electron chi connectivity index (χ0n) is 13.3. The summed E-state index contributed by atoms with van der Waals surface area (Å²) < 4.78 is 0. The van der Waals surface area contributed by atoms with Crippen molar-refractivity contribution < 1.29 is 14.7 Å². The number of aliphatic carboxylic acids is 1. The van der Waals surface area contributed by atoms with Crippen molar-refractivity contribution in [3.63, 3.8) is 0 Å². The van der Waals surface area contributed by atoms with E-state index < -0.39 is 11.9 Å². The number of amides is 1. The number of carboxylic acids is 1. The normalized spacial score (nSPS) is 12.8. The standard InChI is InChI=1S/C17H25NO3/c1-5-8-12(16(20)21)11-18-15(19)13-9-6-7-10-14(13)17(2,3)4/h6-7,9-10,12H,5,8,11H2,1-4H3,(H,18,19)(H,20,21). The molecule has 0 spiro atoms. The Morgan fingerprint density at radius 2 is 1.86 bits per heavy atom. The first-order valence-corrected chi connectivity index (χ1v) is 7.38. The van der Waals surface area contributed by atoms with Gasteiger partial charge in [0.2, 0.25) is 0 Å². The summed E-state index contributed by atoms with van der Waals surface area (Å²) in [6.45, 7) is 8.26. The topological polar surface area (TPSA) is 66.4 Å². The molecule has 0 aliphatic carbocycles. The minimum atomic E-state index is -0.860. The van der Waals surface area contributed by atoms with E-state index in [1.807, 2.05) is 25.1 Å². The van der Waals surface area contributed by atoms with E-state index in [9.17, 15) is 9.59 Å². The average Bonchev–Trinajstić information content (AvgIpc) is 2.41. The van der Waals surface area contributed by atoms with Crippen LogP contribution >= 0.6 is 0 Å². The zero-order valence-corrected chi connectivity index (χ0v) is 13.3. The van der Waals surface area contributed by atoms with E-state index in [0.717, 1.165) is 12.0 Å². The largest absolute Gasteiger partial charge is 0.481 e. The fourth-order valence-corrected chi connectivity index (χ4v) is 2.31. The predicted octanol–water partition coefficient (Wildman–Crippen LogP) is 3.21. The highest BCUT2D eigenvalue weighted by molar-refractivity contribution is 5.96. The van der Waals surface area contributed by atoms with E-state index in [0.29, 0.717) is 12.0 Å². The number of hydrogen-bond donors (Lipinski definition) is 2. The van der Waals surface area contributed by atoms with Crippen molar-refractivity contribution >= 4 is 11.9 Å². The highest BCUT2D eigenvalue weighted by Gasteiger charge is 2.22. The molecule has 0 aliphatic heterocycles. The first-order chi connectivity index (χ1) is 9.77. The van der Waals surface area contributed by atoms with Crippen LogP contribution in [0.5, 0.6) is 0 Å². The lowest BCUT2D eigenvalue weighted by atomic mass is 9.83. The predicted molar refractivity (Wildman–Crippen MR) is 83.5 cm³/mol. The second kappa shape index (κ2) is 7.25. The summed E-state index contributed by atoms with van der Waals surface area (Å²) in [7, 11) is 0. The molecule has 116 valence electrons. The van der Waals surface area contributed by atoms with Gasteiger partial charge < -0.3 is 10.4 Å². The summed E-state index contributed by atoms with van der Waals surface area (Å²) in [5, 5.41) is 11.9. The van der Waals surface area contributed by atoms with E-state index >= 15 is 0 Å². The molecule has 1 unspecified atom stereocenters. The molecule has 1 aromatic carbocycles. The van der Waals surface area contributed by atoms with E-state index in [2.05, 4.69) is 26.1 Å². The Bertz CT molecular complexity index is 503. The lowest BCUT2D eigenvalue weighted by Crippen LogP contribution is -2.34. The van der Waals surface area contributed by atoms with E-state index in [1.54, 1.807) is 6.07 Å². The second-order valence-corrected chi connectivity index (χ2v) is 6.33. The maximum Gasteiger partial charge on any atom is 0.308 e. The molecule has 1 aromatic rings. The van der Waals surface area contributed by atoms with Crippen LogP contribution in [0.1, 0.15) is 56.5 Å². The quantitative estimate of drug-likeness (QED) is 0.845. The van der Waals surface area contributed by atoms with Crippen LogP contribution < -0.4 is 5.32 Å². The molecule has 4 heteroatoms. The van der Waals surface area contributed by atoms with Crippen molar-refractivity contribution in [2.75, 3.05) is 6.54 Å². The first kappa shape index (κ1) is 17.2. The summed E-state index contributed by atoms with van der Waals surface area (Å²) in [4.78, 5) is 23.5. The third kappa shape index (κ3) is 4.88. The van der Waals surface area contributed by atoms with Gasteiger partial charge in [-0.15, -0.1) is 0 Å². The van der Waals surface area contributed by atoms with Crippen molar-refractivity contribution in [3.8, 4) is 0 Å². The molecule has 0 radical (unpaired) electrons. The molecular formula is C17H25NO3.